The van der Waals surface area contributed by atoms with Crippen molar-refractivity contribution in [3.05, 3.63) is 95.1 Å². The molecule has 0 N–H and O–H groups in total. The average molecular weight is 468 g/mol. The lowest BCUT2D eigenvalue weighted by atomic mass is 9.84. The number of benzene rings is 1. The third-order valence-corrected chi connectivity index (χ3v) is 6.36. The molecule has 1 nitrogen and oxygen atoms in total. The summed E-state index contributed by atoms with van der Waals surface area (Å²) in [4.78, 5) is 2.09. The predicted octanol–water partition coefficient (Wildman–Crippen LogP) is 9.96. The molecule has 0 amide bonds. The summed E-state index contributed by atoms with van der Waals surface area (Å²) in [7, 11) is 2.03. The van der Waals surface area contributed by atoms with E-state index in [9.17, 15) is 4.39 Å². The van der Waals surface area contributed by atoms with Crippen molar-refractivity contribution in [3.63, 3.8) is 0 Å². The second-order valence-electron chi connectivity index (χ2n) is 10.1. The van der Waals surface area contributed by atoms with E-state index in [1.165, 1.54) is 59.7 Å². The minimum absolute atomic E-state index is 0.144. The molecule has 190 valence electrons. The molecule has 0 spiro atoms. The van der Waals surface area contributed by atoms with Gasteiger partial charge in [0.25, 0.3) is 0 Å². The standard InChI is InChI=1S/C11H15N.C9H11F.C8H16.C4H8/c1-6-11-7-8(2)9(3)12(5)10(11)4;1-3-8-4-5-9(10)6-7(8)2;1-7-3-5-8(2)6-4-7;1-4(2)3/h6-7H,1,3H2,2,4-5H3;4-6H,3H2,1-2H3;7-8H,3-6H2,1-2H3;1H2,2-3H3. The van der Waals surface area contributed by atoms with Crippen molar-refractivity contribution in [2.24, 2.45) is 11.8 Å². The molecule has 1 saturated carbocycles. The highest BCUT2D eigenvalue weighted by atomic mass is 19.1. The van der Waals surface area contributed by atoms with Crippen LogP contribution in [0.5, 0.6) is 0 Å². The largest absolute Gasteiger partial charge is 0.348 e. The molecular formula is C32H50FN. The molecule has 1 fully saturated rings. The van der Waals surface area contributed by atoms with Crippen LogP contribution in [0.15, 0.2) is 78.2 Å². The van der Waals surface area contributed by atoms with Crippen molar-refractivity contribution < 1.29 is 4.39 Å². The molecule has 0 radical (unpaired) electrons. The SMILES string of the molecule is C=C(C)C.C=CC1=C(C)N(C)C(=C)C(C)=C1.CC1CCC(C)CC1.CCc1ccc(F)cc1C. The van der Waals surface area contributed by atoms with Crippen LogP contribution >= 0.6 is 0 Å². The number of hydrogen-bond donors (Lipinski definition) is 0. The maximum absolute atomic E-state index is 12.5. The summed E-state index contributed by atoms with van der Waals surface area (Å²) >= 11 is 0. The normalized spacial score (nSPS) is 19.4. The Bertz CT molecular complexity index is 849. The minimum atomic E-state index is -0.144. The van der Waals surface area contributed by atoms with Gasteiger partial charge in [0, 0.05) is 18.4 Å². The molecule has 3 rings (SSSR count). The van der Waals surface area contributed by atoms with E-state index in [0.717, 1.165) is 29.5 Å². The van der Waals surface area contributed by atoms with Crippen LogP contribution in [0.25, 0.3) is 0 Å². The van der Waals surface area contributed by atoms with E-state index in [1.807, 2.05) is 40.0 Å². The summed E-state index contributed by atoms with van der Waals surface area (Å²) in [6.45, 7) is 28.1. The summed E-state index contributed by atoms with van der Waals surface area (Å²) in [5.41, 5.74) is 8.10. The maximum atomic E-state index is 12.5. The van der Waals surface area contributed by atoms with E-state index in [0.29, 0.717) is 0 Å². The smallest absolute Gasteiger partial charge is 0.123 e. The highest BCUT2D eigenvalue weighted by Crippen LogP contribution is 2.27. The fraction of sp³-hybridized carbons (Fsp3) is 0.500. The molecule has 0 aromatic heterocycles. The van der Waals surface area contributed by atoms with E-state index >= 15 is 0 Å². The van der Waals surface area contributed by atoms with Crippen LogP contribution in [0.1, 0.15) is 85.3 Å². The first-order valence-corrected chi connectivity index (χ1v) is 12.7. The van der Waals surface area contributed by atoms with Crippen LogP contribution in [0.4, 0.5) is 4.39 Å². The molecule has 1 aliphatic carbocycles. The first-order chi connectivity index (χ1) is 15.8. The van der Waals surface area contributed by atoms with Gasteiger partial charge in [-0.3, -0.25) is 0 Å². The zero-order valence-corrected chi connectivity index (χ0v) is 23.5. The van der Waals surface area contributed by atoms with E-state index < -0.39 is 0 Å². The van der Waals surface area contributed by atoms with Crippen molar-refractivity contribution >= 4 is 0 Å². The molecular weight excluding hydrogens is 417 g/mol. The highest BCUT2D eigenvalue weighted by Gasteiger charge is 2.14. The number of aryl methyl sites for hydroxylation is 2. The van der Waals surface area contributed by atoms with Gasteiger partial charge >= 0.3 is 0 Å². The predicted molar refractivity (Wildman–Crippen MR) is 151 cm³/mol. The van der Waals surface area contributed by atoms with Gasteiger partial charge in [0.1, 0.15) is 5.82 Å². The summed E-state index contributed by atoms with van der Waals surface area (Å²) < 4.78 is 12.5. The number of likely N-dealkylation sites (N-methyl/N-ethyl adjacent to an activating group) is 1. The van der Waals surface area contributed by atoms with Crippen LogP contribution in [-0.2, 0) is 6.42 Å². The fourth-order valence-corrected chi connectivity index (χ4v) is 3.77. The molecule has 2 aliphatic rings. The number of nitrogens with zero attached hydrogens (tertiary/aromatic N) is 1. The lowest BCUT2D eigenvalue weighted by molar-refractivity contribution is 0.308. The van der Waals surface area contributed by atoms with Gasteiger partial charge in [-0.15, -0.1) is 6.58 Å². The Morgan fingerprint density at radius 1 is 1.06 bits per heavy atom. The minimum Gasteiger partial charge on any atom is -0.348 e. The van der Waals surface area contributed by atoms with Crippen LogP contribution in [0, 0.1) is 24.6 Å². The number of rotatable bonds is 2. The van der Waals surface area contributed by atoms with Gasteiger partial charge in [-0.05, 0) is 93.4 Å². The third-order valence-electron chi connectivity index (χ3n) is 6.36. The van der Waals surface area contributed by atoms with Crippen molar-refractivity contribution in [3.8, 4) is 0 Å². The first-order valence-electron chi connectivity index (χ1n) is 12.7. The lowest BCUT2D eigenvalue weighted by Gasteiger charge is -2.28. The molecule has 1 aliphatic heterocycles. The molecule has 0 bridgehead atoms. The van der Waals surface area contributed by atoms with Gasteiger partial charge in [-0.1, -0.05) is 77.3 Å². The summed E-state index contributed by atoms with van der Waals surface area (Å²) in [5.74, 6) is 1.90. The number of halogens is 1. The van der Waals surface area contributed by atoms with Crippen LogP contribution in [-0.4, -0.2) is 11.9 Å². The average Bonchev–Trinajstić information content (AvgIpc) is 2.77. The van der Waals surface area contributed by atoms with Crippen LogP contribution < -0.4 is 0 Å². The van der Waals surface area contributed by atoms with Crippen molar-refractivity contribution in [2.45, 2.75) is 87.5 Å². The van der Waals surface area contributed by atoms with Gasteiger partial charge in [0.15, 0.2) is 0 Å². The van der Waals surface area contributed by atoms with Gasteiger partial charge < -0.3 is 4.90 Å². The van der Waals surface area contributed by atoms with Gasteiger partial charge in [0.2, 0.25) is 0 Å². The van der Waals surface area contributed by atoms with Gasteiger partial charge in [-0.25, -0.2) is 4.39 Å². The van der Waals surface area contributed by atoms with Crippen LogP contribution in [0.3, 0.4) is 0 Å². The van der Waals surface area contributed by atoms with Crippen molar-refractivity contribution in [2.75, 3.05) is 7.05 Å². The first kappa shape index (κ1) is 31.6. The number of allylic oxidation sites excluding steroid dienone is 6. The highest BCUT2D eigenvalue weighted by molar-refractivity contribution is 5.46. The summed E-state index contributed by atoms with van der Waals surface area (Å²) in [5, 5.41) is 0. The Morgan fingerprint density at radius 3 is 1.91 bits per heavy atom. The quantitative estimate of drug-likeness (QED) is 0.391. The molecule has 1 aromatic rings. The topological polar surface area (TPSA) is 3.24 Å². The van der Waals surface area contributed by atoms with E-state index in [-0.39, 0.29) is 5.82 Å². The fourth-order valence-electron chi connectivity index (χ4n) is 3.77. The second kappa shape index (κ2) is 16.3. The van der Waals surface area contributed by atoms with Gasteiger partial charge in [0.05, 0.1) is 0 Å². The van der Waals surface area contributed by atoms with Crippen molar-refractivity contribution in [1.82, 2.24) is 4.90 Å². The van der Waals surface area contributed by atoms with Crippen LogP contribution in [0.2, 0.25) is 0 Å². The van der Waals surface area contributed by atoms with Crippen molar-refractivity contribution in [1.29, 1.82) is 0 Å². The summed E-state index contributed by atoms with van der Waals surface area (Å²) in [6.07, 6.45) is 10.9. The van der Waals surface area contributed by atoms with E-state index in [1.54, 1.807) is 6.07 Å². The zero-order valence-electron chi connectivity index (χ0n) is 23.5. The Kier molecular flexibility index (Phi) is 15.2. The Labute approximate surface area is 210 Å². The van der Waals surface area contributed by atoms with Gasteiger partial charge in [-0.2, -0.15) is 0 Å². The Hall–Kier alpha value is -2.35. The maximum Gasteiger partial charge on any atom is 0.123 e. The second-order valence-corrected chi connectivity index (χ2v) is 10.1. The lowest BCUT2D eigenvalue weighted by Crippen LogP contribution is -2.19. The molecule has 0 saturated heterocycles. The zero-order chi connectivity index (χ0) is 26.4. The third kappa shape index (κ3) is 12.2. The molecule has 1 aromatic carbocycles. The molecule has 1 heterocycles. The van der Waals surface area contributed by atoms with E-state index in [4.69, 9.17) is 0 Å². The molecule has 0 unspecified atom stereocenters. The monoisotopic (exact) mass is 467 g/mol. The Balaban J connectivity index is 0.000000452. The van der Waals surface area contributed by atoms with E-state index in [2.05, 4.69) is 65.3 Å². The number of hydrogen-bond acceptors (Lipinski definition) is 1. The molecule has 2 heteroatoms. The Morgan fingerprint density at radius 2 is 1.53 bits per heavy atom. The summed E-state index contributed by atoms with van der Waals surface area (Å²) in [6, 6.07) is 4.91. The molecule has 34 heavy (non-hydrogen) atoms. The molecule has 0 atom stereocenters.